The lowest BCUT2D eigenvalue weighted by molar-refractivity contribution is 0.418. The molecule has 0 aliphatic carbocycles. The van der Waals surface area contributed by atoms with E-state index in [1.165, 1.54) is 0 Å². The van der Waals surface area contributed by atoms with Crippen molar-refractivity contribution >= 4 is 5.82 Å². The van der Waals surface area contributed by atoms with Crippen LogP contribution in [0.2, 0.25) is 0 Å². The molecular weight excluding hydrogens is 240 g/mol. The highest BCUT2D eigenvalue weighted by Crippen LogP contribution is 2.28. The Morgan fingerprint density at radius 1 is 1.17 bits per heavy atom. The summed E-state index contributed by atoms with van der Waals surface area (Å²) in [5.41, 5.74) is 6.12. The quantitative estimate of drug-likeness (QED) is 0.891. The van der Waals surface area contributed by atoms with Gasteiger partial charge in [-0.05, 0) is 26.0 Å². The normalized spacial score (nSPS) is 10.4. The smallest absolute Gasteiger partial charge is 0.227 e. The molecule has 0 saturated carbocycles. The van der Waals surface area contributed by atoms with Crippen LogP contribution in [0, 0.1) is 25.5 Å². The molecule has 2 N–H and O–H groups in total. The molecule has 1 aromatic heterocycles. The van der Waals surface area contributed by atoms with Gasteiger partial charge >= 0.3 is 0 Å². The zero-order valence-electron chi connectivity index (χ0n) is 9.87. The second-order valence-corrected chi connectivity index (χ2v) is 3.76. The Morgan fingerprint density at radius 3 is 2.61 bits per heavy atom. The van der Waals surface area contributed by atoms with Crippen LogP contribution in [0.15, 0.2) is 18.2 Å². The number of nitrogens with zero attached hydrogens (tertiary/aromatic N) is 2. The first kappa shape index (κ1) is 12.2. The van der Waals surface area contributed by atoms with Crippen molar-refractivity contribution in [1.29, 1.82) is 0 Å². The average Bonchev–Trinajstić information content (AvgIpc) is 2.30. The van der Waals surface area contributed by atoms with Gasteiger partial charge in [-0.25, -0.2) is 13.8 Å². The summed E-state index contributed by atoms with van der Waals surface area (Å²) in [6.07, 6.45) is 0. The van der Waals surface area contributed by atoms with Gasteiger partial charge in [0.05, 0.1) is 5.56 Å². The van der Waals surface area contributed by atoms with Gasteiger partial charge < -0.3 is 10.5 Å². The van der Waals surface area contributed by atoms with Gasteiger partial charge in [0.25, 0.3) is 0 Å². The van der Waals surface area contributed by atoms with Crippen LogP contribution in [0.5, 0.6) is 11.6 Å². The summed E-state index contributed by atoms with van der Waals surface area (Å²) in [5.74, 6) is -0.757. The summed E-state index contributed by atoms with van der Waals surface area (Å²) < 4.78 is 31.7. The summed E-state index contributed by atoms with van der Waals surface area (Å²) in [7, 11) is 0. The third-order valence-electron chi connectivity index (χ3n) is 2.35. The molecule has 0 amide bonds. The Bertz CT molecular complexity index is 602. The Hall–Kier alpha value is -2.24. The molecular formula is C12H11F2N3O. The van der Waals surface area contributed by atoms with E-state index in [0.717, 1.165) is 18.2 Å². The number of rotatable bonds is 2. The molecule has 0 unspecified atom stereocenters. The number of nitrogens with two attached hydrogens (primary N) is 1. The average molecular weight is 251 g/mol. The van der Waals surface area contributed by atoms with Crippen molar-refractivity contribution < 1.29 is 13.5 Å². The van der Waals surface area contributed by atoms with E-state index in [2.05, 4.69) is 9.97 Å². The molecule has 2 rings (SSSR count). The SMILES string of the molecule is Cc1nc(N)c(C)c(Oc2cc(F)ccc2F)n1. The number of anilines is 1. The van der Waals surface area contributed by atoms with Crippen molar-refractivity contribution in [2.45, 2.75) is 13.8 Å². The highest BCUT2D eigenvalue weighted by Gasteiger charge is 2.12. The summed E-state index contributed by atoms with van der Waals surface area (Å²) >= 11 is 0. The number of ether oxygens (including phenoxy) is 1. The van der Waals surface area contributed by atoms with Crippen LogP contribution in [-0.2, 0) is 0 Å². The van der Waals surface area contributed by atoms with Crippen LogP contribution in [-0.4, -0.2) is 9.97 Å². The molecule has 1 aromatic carbocycles. The van der Waals surface area contributed by atoms with Crippen LogP contribution in [0.25, 0.3) is 0 Å². The van der Waals surface area contributed by atoms with Crippen molar-refractivity contribution in [3.8, 4) is 11.6 Å². The van der Waals surface area contributed by atoms with Gasteiger partial charge in [0.1, 0.15) is 17.5 Å². The molecule has 1 heterocycles. The molecule has 6 heteroatoms. The standard InChI is InChI=1S/C12H11F2N3O/c1-6-11(15)16-7(2)17-12(6)18-10-5-8(13)3-4-9(10)14/h3-5H,1-2H3,(H2,15,16,17). The second kappa shape index (κ2) is 4.56. The van der Waals surface area contributed by atoms with E-state index >= 15 is 0 Å². The number of nitrogen functional groups attached to an aromatic ring is 1. The van der Waals surface area contributed by atoms with Gasteiger partial charge in [-0.1, -0.05) is 0 Å². The van der Waals surface area contributed by atoms with E-state index in [1.54, 1.807) is 13.8 Å². The number of halogens is 2. The lowest BCUT2D eigenvalue weighted by Crippen LogP contribution is -2.03. The zero-order valence-corrected chi connectivity index (χ0v) is 9.87. The monoisotopic (exact) mass is 251 g/mol. The van der Waals surface area contributed by atoms with Crippen molar-refractivity contribution in [3.63, 3.8) is 0 Å². The molecule has 94 valence electrons. The Balaban J connectivity index is 2.43. The molecule has 0 saturated heterocycles. The molecule has 0 atom stereocenters. The van der Waals surface area contributed by atoms with Crippen LogP contribution in [0.1, 0.15) is 11.4 Å². The molecule has 0 aliphatic rings. The minimum Gasteiger partial charge on any atom is -0.435 e. The minimum absolute atomic E-state index is 0.115. The Kier molecular flexibility index (Phi) is 3.10. The maximum absolute atomic E-state index is 13.4. The molecule has 2 aromatic rings. The van der Waals surface area contributed by atoms with Crippen molar-refractivity contribution in [1.82, 2.24) is 9.97 Å². The van der Waals surface area contributed by atoms with Crippen molar-refractivity contribution in [3.05, 3.63) is 41.2 Å². The third kappa shape index (κ3) is 2.37. The highest BCUT2D eigenvalue weighted by atomic mass is 19.1. The molecule has 0 spiro atoms. The maximum atomic E-state index is 13.4. The van der Waals surface area contributed by atoms with Gasteiger partial charge in [0.2, 0.25) is 5.88 Å². The Labute approximate surface area is 102 Å². The van der Waals surface area contributed by atoms with E-state index in [0.29, 0.717) is 11.4 Å². The van der Waals surface area contributed by atoms with Gasteiger partial charge in [-0.2, -0.15) is 4.98 Å². The van der Waals surface area contributed by atoms with Crippen LogP contribution < -0.4 is 10.5 Å². The van der Waals surface area contributed by atoms with E-state index in [-0.39, 0.29) is 17.4 Å². The van der Waals surface area contributed by atoms with E-state index in [4.69, 9.17) is 10.5 Å². The maximum Gasteiger partial charge on any atom is 0.227 e. The first-order chi connectivity index (χ1) is 8.47. The topological polar surface area (TPSA) is 61.0 Å². The summed E-state index contributed by atoms with van der Waals surface area (Å²) in [6.45, 7) is 3.27. The zero-order chi connectivity index (χ0) is 13.3. The van der Waals surface area contributed by atoms with Crippen molar-refractivity contribution in [2.24, 2.45) is 0 Å². The number of hydrogen-bond acceptors (Lipinski definition) is 4. The highest BCUT2D eigenvalue weighted by molar-refractivity contribution is 5.45. The fraction of sp³-hybridized carbons (Fsp3) is 0.167. The van der Waals surface area contributed by atoms with E-state index < -0.39 is 11.6 Å². The molecule has 0 bridgehead atoms. The lowest BCUT2D eigenvalue weighted by atomic mass is 10.3. The van der Waals surface area contributed by atoms with E-state index in [9.17, 15) is 8.78 Å². The predicted molar refractivity (Wildman–Crippen MR) is 62.4 cm³/mol. The third-order valence-corrected chi connectivity index (χ3v) is 2.35. The minimum atomic E-state index is -0.675. The second-order valence-electron chi connectivity index (χ2n) is 3.76. The number of aromatic nitrogens is 2. The summed E-state index contributed by atoms with van der Waals surface area (Å²) in [5, 5.41) is 0. The summed E-state index contributed by atoms with van der Waals surface area (Å²) in [4.78, 5) is 7.93. The fourth-order valence-electron chi connectivity index (χ4n) is 1.38. The first-order valence-electron chi connectivity index (χ1n) is 5.21. The van der Waals surface area contributed by atoms with Crippen molar-refractivity contribution in [2.75, 3.05) is 5.73 Å². The number of aryl methyl sites for hydroxylation is 1. The predicted octanol–water partition coefficient (Wildman–Crippen LogP) is 2.75. The number of benzene rings is 1. The molecule has 0 radical (unpaired) electrons. The van der Waals surface area contributed by atoms with Crippen LogP contribution >= 0.6 is 0 Å². The van der Waals surface area contributed by atoms with Gasteiger partial charge in [-0.3, -0.25) is 0 Å². The van der Waals surface area contributed by atoms with E-state index in [1.807, 2.05) is 0 Å². The van der Waals surface area contributed by atoms with Gasteiger partial charge in [-0.15, -0.1) is 0 Å². The van der Waals surface area contributed by atoms with Gasteiger partial charge in [0, 0.05) is 6.07 Å². The number of hydrogen-bond donors (Lipinski definition) is 1. The lowest BCUT2D eigenvalue weighted by Gasteiger charge is -2.10. The van der Waals surface area contributed by atoms with Gasteiger partial charge in [0.15, 0.2) is 11.6 Å². The molecule has 0 aliphatic heterocycles. The summed E-state index contributed by atoms with van der Waals surface area (Å²) in [6, 6.07) is 2.94. The molecule has 4 nitrogen and oxygen atoms in total. The fourth-order valence-corrected chi connectivity index (χ4v) is 1.38. The first-order valence-corrected chi connectivity index (χ1v) is 5.21. The van der Waals surface area contributed by atoms with Crippen LogP contribution in [0.3, 0.4) is 0 Å². The largest absolute Gasteiger partial charge is 0.435 e. The van der Waals surface area contributed by atoms with Crippen LogP contribution in [0.4, 0.5) is 14.6 Å². The Morgan fingerprint density at radius 2 is 1.89 bits per heavy atom. The molecule has 18 heavy (non-hydrogen) atoms. The molecule has 0 fully saturated rings.